The Kier molecular flexibility index (Phi) is 5.94. The van der Waals surface area contributed by atoms with Crippen molar-refractivity contribution < 1.29 is 0 Å². The average Bonchev–Trinajstić information content (AvgIpc) is 3.17. The molecule has 1 saturated carbocycles. The van der Waals surface area contributed by atoms with Gasteiger partial charge < -0.3 is 10.6 Å². The van der Waals surface area contributed by atoms with Gasteiger partial charge in [-0.05, 0) is 51.6 Å². The van der Waals surface area contributed by atoms with Gasteiger partial charge in [-0.15, -0.1) is 0 Å². The van der Waals surface area contributed by atoms with E-state index in [0.29, 0.717) is 0 Å². The average molecular weight is 237 g/mol. The molecule has 17 heavy (non-hydrogen) atoms. The Labute approximate surface area is 106 Å². The Morgan fingerprint density at radius 3 is 2.41 bits per heavy atom. The maximum absolute atomic E-state index is 9.02. The highest BCUT2D eigenvalue weighted by Gasteiger charge is 2.29. The standard InChI is InChI=1S/C14H27N3/c1-3-5-10-17(13-7-8-13)11-6-9-14(16,4-2)12-15/h13H,3-11,16H2,1-2H3. The number of rotatable bonds is 9. The molecule has 0 amide bonds. The largest absolute Gasteiger partial charge is 0.313 e. The van der Waals surface area contributed by atoms with Crippen LogP contribution in [0.1, 0.15) is 58.8 Å². The second-order valence-electron chi connectivity index (χ2n) is 5.35. The van der Waals surface area contributed by atoms with Gasteiger partial charge in [0.25, 0.3) is 0 Å². The lowest BCUT2D eigenvalue weighted by Gasteiger charge is -2.24. The van der Waals surface area contributed by atoms with Gasteiger partial charge in [0.15, 0.2) is 0 Å². The van der Waals surface area contributed by atoms with Crippen molar-refractivity contribution >= 4 is 0 Å². The van der Waals surface area contributed by atoms with Crippen LogP contribution in [0.3, 0.4) is 0 Å². The Bertz CT molecular complexity index is 255. The molecule has 1 rings (SSSR count). The van der Waals surface area contributed by atoms with Gasteiger partial charge in [-0.2, -0.15) is 5.26 Å². The molecule has 0 aliphatic heterocycles. The van der Waals surface area contributed by atoms with Crippen molar-refractivity contribution in [2.75, 3.05) is 13.1 Å². The first-order chi connectivity index (χ1) is 8.15. The minimum Gasteiger partial charge on any atom is -0.313 e. The molecule has 0 aromatic rings. The van der Waals surface area contributed by atoms with Gasteiger partial charge >= 0.3 is 0 Å². The van der Waals surface area contributed by atoms with Crippen molar-refractivity contribution in [2.24, 2.45) is 5.73 Å². The molecule has 1 atom stereocenters. The summed E-state index contributed by atoms with van der Waals surface area (Å²) in [5.74, 6) is 0. The van der Waals surface area contributed by atoms with Crippen molar-refractivity contribution in [2.45, 2.75) is 70.4 Å². The van der Waals surface area contributed by atoms with Crippen LogP contribution in [0.5, 0.6) is 0 Å². The predicted molar refractivity (Wildman–Crippen MR) is 71.6 cm³/mol. The zero-order valence-electron chi connectivity index (χ0n) is 11.4. The van der Waals surface area contributed by atoms with E-state index in [4.69, 9.17) is 11.0 Å². The molecule has 0 bridgehead atoms. The van der Waals surface area contributed by atoms with Crippen LogP contribution < -0.4 is 5.73 Å². The van der Waals surface area contributed by atoms with Gasteiger partial charge in [-0.3, -0.25) is 0 Å². The highest BCUT2D eigenvalue weighted by atomic mass is 15.2. The van der Waals surface area contributed by atoms with E-state index in [9.17, 15) is 0 Å². The lowest BCUT2D eigenvalue weighted by atomic mass is 9.93. The van der Waals surface area contributed by atoms with E-state index in [1.807, 2.05) is 6.92 Å². The number of hydrogen-bond acceptors (Lipinski definition) is 3. The molecule has 0 heterocycles. The SMILES string of the molecule is CCCCN(CCCC(N)(C#N)CC)C1CC1. The summed E-state index contributed by atoms with van der Waals surface area (Å²) in [6.45, 7) is 6.57. The first kappa shape index (κ1) is 14.5. The van der Waals surface area contributed by atoms with Gasteiger partial charge in [-0.25, -0.2) is 0 Å². The molecule has 3 heteroatoms. The van der Waals surface area contributed by atoms with Crippen molar-refractivity contribution in [3.05, 3.63) is 0 Å². The van der Waals surface area contributed by atoms with Gasteiger partial charge in [0.05, 0.1) is 6.07 Å². The molecule has 2 N–H and O–H groups in total. The van der Waals surface area contributed by atoms with Gasteiger partial charge in [-0.1, -0.05) is 20.3 Å². The number of unbranched alkanes of at least 4 members (excludes halogenated alkanes) is 1. The maximum atomic E-state index is 9.02. The molecule has 0 saturated heterocycles. The van der Waals surface area contributed by atoms with Crippen LogP contribution >= 0.6 is 0 Å². The van der Waals surface area contributed by atoms with Crippen LogP contribution in [0.4, 0.5) is 0 Å². The van der Waals surface area contributed by atoms with E-state index in [1.165, 1.54) is 32.2 Å². The van der Waals surface area contributed by atoms with E-state index >= 15 is 0 Å². The summed E-state index contributed by atoms with van der Waals surface area (Å²) in [5.41, 5.74) is 5.40. The lowest BCUT2D eigenvalue weighted by Crippen LogP contribution is -2.38. The normalized spacial score (nSPS) is 19.0. The van der Waals surface area contributed by atoms with Crippen LogP contribution in [0.15, 0.2) is 0 Å². The van der Waals surface area contributed by atoms with Crippen LogP contribution in [0.25, 0.3) is 0 Å². The molecule has 1 aliphatic carbocycles. The minimum absolute atomic E-state index is 0.597. The van der Waals surface area contributed by atoms with E-state index in [2.05, 4.69) is 17.9 Å². The summed E-state index contributed by atoms with van der Waals surface area (Å²) in [6, 6.07) is 3.08. The molecule has 1 fully saturated rings. The van der Waals surface area contributed by atoms with Crippen molar-refractivity contribution in [3.63, 3.8) is 0 Å². The quantitative estimate of drug-likeness (QED) is 0.671. The fraction of sp³-hybridized carbons (Fsp3) is 0.929. The third-order valence-electron chi connectivity index (χ3n) is 3.78. The summed E-state index contributed by atoms with van der Waals surface area (Å²) in [4.78, 5) is 2.59. The van der Waals surface area contributed by atoms with Gasteiger partial charge in [0.2, 0.25) is 0 Å². The van der Waals surface area contributed by atoms with Crippen LogP contribution in [-0.2, 0) is 0 Å². The van der Waals surface area contributed by atoms with Crippen LogP contribution in [-0.4, -0.2) is 29.6 Å². The molecule has 0 spiro atoms. The fourth-order valence-corrected chi connectivity index (χ4v) is 2.19. The number of hydrogen-bond donors (Lipinski definition) is 1. The van der Waals surface area contributed by atoms with E-state index in [1.54, 1.807) is 0 Å². The first-order valence-corrected chi connectivity index (χ1v) is 7.09. The van der Waals surface area contributed by atoms with Crippen LogP contribution in [0, 0.1) is 11.3 Å². The smallest absolute Gasteiger partial charge is 0.104 e. The minimum atomic E-state index is -0.597. The van der Waals surface area contributed by atoms with E-state index in [-0.39, 0.29) is 0 Å². The fourth-order valence-electron chi connectivity index (χ4n) is 2.19. The molecule has 0 aromatic heterocycles. The Balaban J connectivity index is 2.25. The van der Waals surface area contributed by atoms with Crippen molar-refractivity contribution in [1.82, 2.24) is 4.90 Å². The topological polar surface area (TPSA) is 53.0 Å². The second-order valence-corrected chi connectivity index (χ2v) is 5.35. The second kappa shape index (κ2) is 6.98. The van der Waals surface area contributed by atoms with Crippen molar-refractivity contribution in [3.8, 4) is 6.07 Å². The Morgan fingerprint density at radius 2 is 1.94 bits per heavy atom. The number of nitrogens with zero attached hydrogens (tertiary/aromatic N) is 2. The summed E-state index contributed by atoms with van der Waals surface area (Å²) < 4.78 is 0. The van der Waals surface area contributed by atoms with Crippen LogP contribution in [0.2, 0.25) is 0 Å². The summed E-state index contributed by atoms with van der Waals surface area (Å²) in [5, 5.41) is 9.02. The molecular weight excluding hydrogens is 210 g/mol. The van der Waals surface area contributed by atoms with E-state index in [0.717, 1.165) is 31.8 Å². The third-order valence-corrected chi connectivity index (χ3v) is 3.78. The third kappa shape index (κ3) is 5.06. The highest BCUT2D eigenvalue weighted by Crippen LogP contribution is 2.27. The Morgan fingerprint density at radius 1 is 1.29 bits per heavy atom. The van der Waals surface area contributed by atoms with E-state index < -0.39 is 5.54 Å². The molecule has 98 valence electrons. The zero-order valence-corrected chi connectivity index (χ0v) is 11.4. The maximum Gasteiger partial charge on any atom is 0.104 e. The van der Waals surface area contributed by atoms with Gasteiger partial charge in [0.1, 0.15) is 5.54 Å². The highest BCUT2D eigenvalue weighted by molar-refractivity contribution is 5.03. The molecule has 0 aromatic carbocycles. The molecule has 3 nitrogen and oxygen atoms in total. The monoisotopic (exact) mass is 237 g/mol. The molecule has 1 unspecified atom stereocenters. The van der Waals surface area contributed by atoms with Gasteiger partial charge in [0, 0.05) is 6.04 Å². The molecule has 0 radical (unpaired) electrons. The van der Waals surface area contributed by atoms with Crippen molar-refractivity contribution in [1.29, 1.82) is 5.26 Å². The summed E-state index contributed by atoms with van der Waals surface area (Å²) in [6.07, 6.45) is 7.91. The first-order valence-electron chi connectivity index (χ1n) is 7.09. The number of nitrogens with two attached hydrogens (primary N) is 1. The number of nitriles is 1. The molecular formula is C14H27N3. The molecule has 1 aliphatic rings. The predicted octanol–water partition coefficient (Wildman–Crippen LogP) is 2.66. The zero-order chi connectivity index (χ0) is 12.7. The Hall–Kier alpha value is -0.590. The lowest BCUT2D eigenvalue weighted by molar-refractivity contribution is 0.247. The summed E-state index contributed by atoms with van der Waals surface area (Å²) in [7, 11) is 0. The summed E-state index contributed by atoms with van der Waals surface area (Å²) >= 11 is 0.